The van der Waals surface area contributed by atoms with Crippen molar-refractivity contribution in [2.45, 2.75) is 18.2 Å². The number of methoxy groups -OCH3 is 1. The minimum Gasteiger partial charge on any atom is -0.383 e. The van der Waals surface area contributed by atoms with E-state index in [2.05, 4.69) is 28.0 Å². The van der Waals surface area contributed by atoms with Crippen LogP contribution in [0.25, 0.3) is 10.2 Å². The Morgan fingerprint density at radius 3 is 2.79 bits per heavy atom. The maximum atomic E-state index is 12.6. The molecule has 0 aliphatic heterocycles. The lowest BCUT2D eigenvalue weighted by Crippen LogP contribution is -2.27. The highest BCUT2D eigenvalue weighted by Gasteiger charge is 2.17. The number of hydrogen-bond donors (Lipinski definition) is 2. The van der Waals surface area contributed by atoms with Crippen molar-refractivity contribution in [3.63, 3.8) is 0 Å². The molecule has 3 aromatic rings. The number of carbonyl (C=O) groups excluding carboxylic acids is 1. The molecule has 9 heteroatoms. The first-order valence-electron chi connectivity index (χ1n) is 8.72. The van der Waals surface area contributed by atoms with Crippen molar-refractivity contribution in [1.82, 2.24) is 9.71 Å². The molecule has 28 heavy (non-hydrogen) atoms. The first-order valence-corrected chi connectivity index (χ1v) is 11.0. The monoisotopic (exact) mass is 419 g/mol. The Morgan fingerprint density at radius 1 is 1.21 bits per heavy atom. The topological polar surface area (TPSA) is 97.4 Å². The van der Waals surface area contributed by atoms with Crippen LogP contribution in [0.5, 0.6) is 0 Å². The van der Waals surface area contributed by atoms with Gasteiger partial charge in [-0.1, -0.05) is 30.4 Å². The molecule has 0 saturated heterocycles. The first kappa shape index (κ1) is 20.4. The van der Waals surface area contributed by atoms with E-state index in [1.54, 1.807) is 6.07 Å². The Balaban J connectivity index is 1.78. The van der Waals surface area contributed by atoms with Crippen LogP contribution in [-0.2, 0) is 21.2 Å². The highest BCUT2D eigenvalue weighted by atomic mass is 32.2. The molecule has 0 fully saturated rings. The van der Waals surface area contributed by atoms with Crippen LogP contribution in [0, 0.1) is 0 Å². The molecule has 0 atom stereocenters. The van der Waals surface area contributed by atoms with Gasteiger partial charge < -0.3 is 4.74 Å². The Bertz CT molecular complexity index is 1090. The molecule has 0 radical (unpaired) electrons. The zero-order valence-electron chi connectivity index (χ0n) is 15.6. The van der Waals surface area contributed by atoms with E-state index in [9.17, 15) is 13.2 Å². The Morgan fingerprint density at radius 2 is 2.04 bits per heavy atom. The molecule has 0 unspecified atom stereocenters. The van der Waals surface area contributed by atoms with Crippen molar-refractivity contribution in [3.05, 3.63) is 53.6 Å². The molecule has 7 nitrogen and oxygen atoms in total. The van der Waals surface area contributed by atoms with Crippen molar-refractivity contribution in [1.29, 1.82) is 0 Å². The zero-order chi connectivity index (χ0) is 20.1. The second kappa shape index (κ2) is 8.78. The van der Waals surface area contributed by atoms with Crippen LogP contribution in [0.2, 0.25) is 0 Å². The molecule has 0 aliphatic carbocycles. The Kier molecular flexibility index (Phi) is 6.40. The summed E-state index contributed by atoms with van der Waals surface area (Å²) in [4.78, 5) is 17.0. The first-order chi connectivity index (χ1) is 13.4. The SMILES string of the molecule is CCc1ccc2nc(NC(=O)c3cccc(S(=O)(=O)NCCOC)c3)sc2c1. The molecule has 1 heterocycles. The summed E-state index contributed by atoms with van der Waals surface area (Å²) < 4.78 is 32.9. The standard InChI is InChI=1S/C19H21N3O4S2/c1-3-13-7-8-16-17(11-13)27-19(21-16)22-18(23)14-5-4-6-15(12-14)28(24,25)20-9-10-26-2/h4-8,11-12,20H,3,9-10H2,1-2H3,(H,21,22,23). The number of aromatic nitrogens is 1. The molecule has 3 rings (SSSR count). The summed E-state index contributed by atoms with van der Waals surface area (Å²) in [6.07, 6.45) is 0.926. The van der Waals surface area contributed by atoms with Gasteiger partial charge in [0.2, 0.25) is 10.0 Å². The average Bonchev–Trinajstić information content (AvgIpc) is 3.09. The quantitative estimate of drug-likeness (QED) is 0.547. The number of nitrogens with one attached hydrogen (secondary N) is 2. The van der Waals surface area contributed by atoms with Crippen LogP contribution < -0.4 is 10.0 Å². The van der Waals surface area contributed by atoms with Crippen molar-refractivity contribution >= 4 is 42.6 Å². The summed E-state index contributed by atoms with van der Waals surface area (Å²) in [5, 5.41) is 3.22. The van der Waals surface area contributed by atoms with Gasteiger partial charge in [0.05, 0.1) is 21.7 Å². The van der Waals surface area contributed by atoms with Gasteiger partial charge in [-0.2, -0.15) is 0 Å². The number of carbonyl (C=O) groups is 1. The predicted octanol–water partition coefficient (Wildman–Crippen LogP) is 3.04. The summed E-state index contributed by atoms with van der Waals surface area (Å²) in [6.45, 7) is 2.49. The lowest BCUT2D eigenvalue weighted by molar-refractivity contribution is 0.102. The number of ether oxygens (including phenoxy) is 1. The lowest BCUT2D eigenvalue weighted by atomic mass is 10.2. The molecule has 2 aromatic carbocycles. The van der Waals surface area contributed by atoms with E-state index in [1.807, 2.05) is 12.1 Å². The Labute approximate surface area is 167 Å². The van der Waals surface area contributed by atoms with Crippen LogP contribution in [-0.4, -0.2) is 39.6 Å². The van der Waals surface area contributed by atoms with E-state index in [1.165, 1.54) is 42.2 Å². The molecule has 1 aromatic heterocycles. The maximum Gasteiger partial charge on any atom is 0.257 e. The van der Waals surface area contributed by atoms with E-state index in [0.717, 1.165) is 16.6 Å². The average molecular weight is 420 g/mol. The van der Waals surface area contributed by atoms with Gasteiger partial charge >= 0.3 is 0 Å². The second-order valence-corrected chi connectivity index (χ2v) is 8.84. The van der Waals surface area contributed by atoms with Crippen molar-refractivity contribution in [2.75, 3.05) is 25.6 Å². The third-order valence-electron chi connectivity index (χ3n) is 4.09. The fourth-order valence-corrected chi connectivity index (χ4v) is 4.56. The number of hydrogen-bond acceptors (Lipinski definition) is 6. The molecule has 0 bridgehead atoms. The number of amides is 1. The lowest BCUT2D eigenvalue weighted by Gasteiger charge is -2.08. The molecule has 2 N–H and O–H groups in total. The smallest absolute Gasteiger partial charge is 0.257 e. The number of rotatable bonds is 8. The van der Waals surface area contributed by atoms with Gasteiger partial charge in [0.25, 0.3) is 5.91 Å². The number of fused-ring (bicyclic) bond motifs is 1. The van der Waals surface area contributed by atoms with Gasteiger partial charge in [-0.3, -0.25) is 10.1 Å². The summed E-state index contributed by atoms with van der Waals surface area (Å²) in [7, 11) is -2.22. The number of benzene rings is 2. The van der Waals surface area contributed by atoms with Crippen molar-refractivity contribution in [2.24, 2.45) is 0 Å². The van der Waals surface area contributed by atoms with Gasteiger partial charge in [-0.15, -0.1) is 0 Å². The normalized spacial score (nSPS) is 11.6. The van der Waals surface area contributed by atoms with Crippen LogP contribution in [0.3, 0.4) is 0 Å². The van der Waals surface area contributed by atoms with Crippen LogP contribution in [0.1, 0.15) is 22.8 Å². The van der Waals surface area contributed by atoms with Crippen LogP contribution >= 0.6 is 11.3 Å². The molecule has 148 valence electrons. The van der Waals surface area contributed by atoms with E-state index in [-0.39, 0.29) is 23.6 Å². The number of thiazole rings is 1. The minimum atomic E-state index is -3.71. The van der Waals surface area contributed by atoms with E-state index >= 15 is 0 Å². The van der Waals surface area contributed by atoms with Gasteiger partial charge in [-0.05, 0) is 42.3 Å². The fraction of sp³-hybridized carbons (Fsp3) is 0.263. The van der Waals surface area contributed by atoms with Crippen molar-refractivity contribution in [3.8, 4) is 0 Å². The zero-order valence-corrected chi connectivity index (χ0v) is 17.2. The number of aryl methyl sites for hydroxylation is 1. The van der Waals surface area contributed by atoms with E-state index < -0.39 is 15.9 Å². The van der Waals surface area contributed by atoms with E-state index in [0.29, 0.717) is 5.13 Å². The highest BCUT2D eigenvalue weighted by molar-refractivity contribution is 7.89. The largest absolute Gasteiger partial charge is 0.383 e. The molecular formula is C19H21N3O4S2. The van der Waals surface area contributed by atoms with Gasteiger partial charge in [0, 0.05) is 19.2 Å². The van der Waals surface area contributed by atoms with Crippen LogP contribution in [0.15, 0.2) is 47.4 Å². The van der Waals surface area contributed by atoms with Gasteiger partial charge in [-0.25, -0.2) is 18.1 Å². The van der Waals surface area contributed by atoms with Gasteiger partial charge in [0.15, 0.2) is 5.13 Å². The maximum absolute atomic E-state index is 12.6. The number of sulfonamides is 1. The third kappa shape index (κ3) is 4.74. The molecule has 1 amide bonds. The molecule has 0 saturated carbocycles. The van der Waals surface area contributed by atoms with Crippen molar-refractivity contribution < 1.29 is 17.9 Å². The predicted molar refractivity (Wildman–Crippen MR) is 110 cm³/mol. The highest BCUT2D eigenvalue weighted by Crippen LogP contribution is 2.27. The number of anilines is 1. The summed E-state index contributed by atoms with van der Waals surface area (Å²) >= 11 is 1.39. The fourth-order valence-electron chi connectivity index (χ4n) is 2.58. The second-order valence-electron chi connectivity index (χ2n) is 6.05. The number of nitrogens with zero attached hydrogens (tertiary/aromatic N) is 1. The van der Waals surface area contributed by atoms with Crippen LogP contribution in [0.4, 0.5) is 5.13 Å². The Hall–Kier alpha value is -2.33. The summed E-state index contributed by atoms with van der Waals surface area (Å²) in [5.41, 5.74) is 2.26. The molecule has 0 aliphatic rings. The van der Waals surface area contributed by atoms with E-state index in [4.69, 9.17) is 4.74 Å². The molecule has 0 spiro atoms. The minimum absolute atomic E-state index is 0.0214. The third-order valence-corrected chi connectivity index (χ3v) is 6.48. The van der Waals surface area contributed by atoms with Gasteiger partial charge in [0.1, 0.15) is 0 Å². The summed E-state index contributed by atoms with van der Waals surface area (Å²) in [6, 6.07) is 11.9. The molecular weight excluding hydrogens is 398 g/mol. The summed E-state index contributed by atoms with van der Waals surface area (Å²) in [5.74, 6) is -0.413.